The van der Waals surface area contributed by atoms with Crippen molar-refractivity contribution in [3.8, 4) is 0 Å². The molecule has 1 amide bonds. The molecule has 0 saturated carbocycles. The fourth-order valence-electron chi connectivity index (χ4n) is 5.09. The summed E-state index contributed by atoms with van der Waals surface area (Å²) in [6.07, 6.45) is -5.05. The zero-order chi connectivity index (χ0) is 28.2. The Hall–Kier alpha value is -3.39. The van der Waals surface area contributed by atoms with Gasteiger partial charge in [-0.05, 0) is 62.1 Å². The number of halogens is 4. The number of hydrogen-bond acceptors (Lipinski definition) is 3. The van der Waals surface area contributed by atoms with Gasteiger partial charge in [0.2, 0.25) is 0 Å². The average Bonchev–Trinajstić information content (AvgIpc) is 2.87. The highest BCUT2D eigenvalue weighted by Gasteiger charge is 2.40. The topological polar surface area (TPSA) is 38.8 Å². The van der Waals surface area contributed by atoms with Gasteiger partial charge in [0.25, 0.3) is 0 Å². The van der Waals surface area contributed by atoms with Gasteiger partial charge in [0.1, 0.15) is 11.4 Å². The SMILES string of the molecule is CC(C)(C)OC(=O)N1CC[C@H](OCc2cc(F)cc(C(F)(F)F)c2)[C@H](C(c2ccccc2)c2ccccc2)C1. The quantitative estimate of drug-likeness (QED) is 0.298. The molecular weight excluding hydrogens is 510 g/mol. The molecule has 0 unspecified atom stereocenters. The Kier molecular flexibility index (Phi) is 8.64. The van der Waals surface area contributed by atoms with E-state index in [0.29, 0.717) is 25.6 Å². The van der Waals surface area contributed by atoms with Gasteiger partial charge in [-0.2, -0.15) is 13.2 Å². The first-order valence-corrected chi connectivity index (χ1v) is 13.0. The van der Waals surface area contributed by atoms with E-state index in [2.05, 4.69) is 0 Å². The standard InChI is InChI=1S/C31H33F4NO3/c1-30(2,3)39-29(37)36-15-14-27(38-20-21-16-24(31(33,34)35)18-25(32)17-21)26(19-36)28(22-10-6-4-7-11-22)23-12-8-5-9-13-23/h4-13,16-18,26-28H,14-15,19-20H2,1-3H3/t26-,27+/m1/s1. The van der Waals surface area contributed by atoms with E-state index in [1.807, 2.05) is 81.4 Å². The van der Waals surface area contributed by atoms with Crippen molar-refractivity contribution in [2.24, 2.45) is 5.92 Å². The zero-order valence-corrected chi connectivity index (χ0v) is 22.2. The van der Waals surface area contributed by atoms with Crippen molar-refractivity contribution >= 4 is 6.09 Å². The summed E-state index contributed by atoms with van der Waals surface area (Å²) in [5, 5.41) is 0. The summed E-state index contributed by atoms with van der Waals surface area (Å²) < 4.78 is 65.7. The first-order chi connectivity index (χ1) is 18.4. The molecule has 0 bridgehead atoms. The Labute approximate surface area is 226 Å². The number of alkyl halides is 3. The molecule has 1 saturated heterocycles. The number of amides is 1. The van der Waals surface area contributed by atoms with Crippen molar-refractivity contribution in [2.45, 2.75) is 57.6 Å². The average molecular weight is 544 g/mol. The number of carbonyl (C=O) groups excluding carboxylic acids is 1. The van der Waals surface area contributed by atoms with Gasteiger partial charge in [-0.1, -0.05) is 60.7 Å². The molecule has 4 nitrogen and oxygen atoms in total. The van der Waals surface area contributed by atoms with Crippen molar-refractivity contribution in [1.29, 1.82) is 0 Å². The van der Waals surface area contributed by atoms with Crippen LogP contribution in [0, 0.1) is 11.7 Å². The second kappa shape index (κ2) is 11.8. The van der Waals surface area contributed by atoms with Crippen LogP contribution in [0.1, 0.15) is 55.4 Å². The molecule has 3 aromatic carbocycles. The predicted octanol–water partition coefficient (Wildman–Crippen LogP) is 7.82. The van der Waals surface area contributed by atoms with Gasteiger partial charge in [-0.15, -0.1) is 0 Å². The van der Waals surface area contributed by atoms with Gasteiger partial charge in [0.05, 0.1) is 18.3 Å². The number of nitrogens with zero attached hydrogens (tertiary/aromatic N) is 1. The van der Waals surface area contributed by atoms with Crippen molar-refractivity contribution in [1.82, 2.24) is 4.90 Å². The van der Waals surface area contributed by atoms with Crippen LogP contribution in [0.3, 0.4) is 0 Å². The zero-order valence-electron chi connectivity index (χ0n) is 22.2. The summed E-state index contributed by atoms with van der Waals surface area (Å²) >= 11 is 0. The summed E-state index contributed by atoms with van der Waals surface area (Å²) in [6, 6.07) is 22.2. The summed E-state index contributed by atoms with van der Waals surface area (Å²) in [4.78, 5) is 14.7. The molecule has 0 radical (unpaired) electrons. The van der Waals surface area contributed by atoms with Crippen LogP contribution in [0.5, 0.6) is 0 Å². The molecule has 1 aliphatic rings. The summed E-state index contributed by atoms with van der Waals surface area (Å²) in [5.74, 6) is -1.38. The maximum Gasteiger partial charge on any atom is 0.416 e. The van der Waals surface area contributed by atoms with E-state index >= 15 is 0 Å². The number of carbonyl (C=O) groups is 1. The van der Waals surface area contributed by atoms with Crippen molar-refractivity contribution in [3.05, 3.63) is 107 Å². The molecule has 4 rings (SSSR count). The van der Waals surface area contributed by atoms with Crippen LogP contribution in [-0.2, 0) is 22.3 Å². The Bertz CT molecular complexity index is 1200. The van der Waals surface area contributed by atoms with Crippen LogP contribution >= 0.6 is 0 Å². The van der Waals surface area contributed by atoms with E-state index in [1.165, 1.54) is 0 Å². The molecule has 208 valence electrons. The molecule has 0 aromatic heterocycles. The van der Waals surface area contributed by atoms with Crippen LogP contribution in [-0.4, -0.2) is 35.8 Å². The smallest absolute Gasteiger partial charge is 0.416 e. The first-order valence-electron chi connectivity index (χ1n) is 13.0. The van der Waals surface area contributed by atoms with E-state index in [1.54, 1.807) is 4.90 Å². The van der Waals surface area contributed by atoms with Gasteiger partial charge in [-0.3, -0.25) is 0 Å². The fourth-order valence-corrected chi connectivity index (χ4v) is 5.09. The second-order valence-corrected chi connectivity index (χ2v) is 10.9. The summed E-state index contributed by atoms with van der Waals surface area (Å²) in [5.41, 5.74) is 0.443. The van der Waals surface area contributed by atoms with Crippen LogP contribution in [0.4, 0.5) is 22.4 Å². The minimum atomic E-state index is -4.66. The van der Waals surface area contributed by atoms with Gasteiger partial charge in [0.15, 0.2) is 0 Å². The number of likely N-dealkylation sites (tertiary alicyclic amines) is 1. The van der Waals surface area contributed by atoms with Crippen molar-refractivity contribution in [3.63, 3.8) is 0 Å². The molecule has 1 aliphatic heterocycles. The van der Waals surface area contributed by atoms with Gasteiger partial charge >= 0.3 is 12.3 Å². The van der Waals surface area contributed by atoms with Crippen molar-refractivity contribution < 1.29 is 31.8 Å². The lowest BCUT2D eigenvalue weighted by molar-refractivity contribution is -0.137. The number of benzene rings is 3. The highest BCUT2D eigenvalue weighted by molar-refractivity contribution is 5.68. The molecule has 2 atom stereocenters. The molecule has 0 aliphatic carbocycles. The maximum atomic E-state index is 14.0. The Morgan fingerprint density at radius 2 is 1.54 bits per heavy atom. The molecule has 1 fully saturated rings. The van der Waals surface area contributed by atoms with Crippen molar-refractivity contribution in [2.75, 3.05) is 13.1 Å². The van der Waals surface area contributed by atoms with E-state index in [0.717, 1.165) is 23.3 Å². The first kappa shape index (κ1) is 28.6. The predicted molar refractivity (Wildman–Crippen MR) is 141 cm³/mol. The lowest BCUT2D eigenvalue weighted by Gasteiger charge is -2.42. The fraction of sp³-hybridized carbons (Fsp3) is 0.387. The van der Waals surface area contributed by atoms with Crippen LogP contribution < -0.4 is 0 Å². The molecule has 8 heteroatoms. The van der Waals surface area contributed by atoms with Crippen LogP contribution in [0.15, 0.2) is 78.9 Å². The maximum absolute atomic E-state index is 14.0. The lowest BCUT2D eigenvalue weighted by Crippen LogP contribution is -2.50. The summed E-state index contributed by atoms with van der Waals surface area (Å²) in [6.45, 7) is 5.93. The molecule has 39 heavy (non-hydrogen) atoms. The van der Waals surface area contributed by atoms with Gasteiger partial charge in [-0.25, -0.2) is 9.18 Å². The van der Waals surface area contributed by atoms with Gasteiger partial charge < -0.3 is 14.4 Å². The normalized spacial score (nSPS) is 18.3. The summed E-state index contributed by atoms with van der Waals surface area (Å²) in [7, 11) is 0. The molecule has 0 N–H and O–H groups in total. The highest BCUT2D eigenvalue weighted by atomic mass is 19.4. The third-order valence-electron chi connectivity index (χ3n) is 6.74. The number of hydrogen-bond donors (Lipinski definition) is 0. The molecular formula is C31H33F4NO3. The number of rotatable bonds is 6. The van der Waals surface area contributed by atoms with Crippen LogP contribution in [0.2, 0.25) is 0 Å². The molecule has 1 heterocycles. The lowest BCUT2D eigenvalue weighted by atomic mass is 9.75. The number of piperidine rings is 1. The minimum absolute atomic E-state index is 0.103. The van der Waals surface area contributed by atoms with E-state index < -0.39 is 35.4 Å². The minimum Gasteiger partial charge on any atom is -0.444 e. The Balaban J connectivity index is 1.66. The third kappa shape index (κ3) is 7.60. The van der Waals surface area contributed by atoms with Crippen LogP contribution in [0.25, 0.3) is 0 Å². The van der Waals surface area contributed by atoms with E-state index in [-0.39, 0.29) is 24.0 Å². The molecule has 0 spiro atoms. The largest absolute Gasteiger partial charge is 0.444 e. The Morgan fingerprint density at radius 1 is 0.949 bits per heavy atom. The van der Waals surface area contributed by atoms with E-state index in [4.69, 9.17) is 9.47 Å². The highest BCUT2D eigenvalue weighted by Crippen LogP contribution is 2.39. The molecule has 3 aromatic rings. The number of ether oxygens (including phenoxy) is 2. The van der Waals surface area contributed by atoms with Gasteiger partial charge in [0, 0.05) is 24.9 Å². The third-order valence-corrected chi connectivity index (χ3v) is 6.74. The monoisotopic (exact) mass is 543 g/mol. The second-order valence-electron chi connectivity index (χ2n) is 10.9. The van der Waals surface area contributed by atoms with E-state index in [9.17, 15) is 22.4 Å². The Morgan fingerprint density at radius 3 is 2.08 bits per heavy atom.